The fourth-order valence-corrected chi connectivity index (χ4v) is 3.29. The van der Waals surface area contributed by atoms with E-state index >= 15 is 0 Å². The van der Waals surface area contributed by atoms with E-state index in [9.17, 15) is 9.18 Å². The molecule has 0 saturated heterocycles. The SMILES string of the molecule is CCOc1ccc(OCc2ccc(C(=O)Nc3cnn(Cc4ccc(F)cc4Cl)c3)o2)cc1. The molecule has 0 aliphatic rings. The van der Waals surface area contributed by atoms with Gasteiger partial charge in [-0.25, -0.2) is 4.39 Å². The van der Waals surface area contributed by atoms with Crippen molar-refractivity contribution in [1.29, 1.82) is 0 Å². The predicted octanol–water partition coefficient (Wildman–Crippen LogP) is 5.55. The van der Waals surface area contributed by atoms with Crippen LogP contribution < -0.4 is 14.8 Å². The maximum Gasteiger partial charge on any atom is 0.291 e. The molecule has 0 spiro atoms. The molecule has 4 aromatic rings. The lowest BCUT2D eigenvalue weighted by molar-refractivity contribution is 0.0992. The number of anilines is 1. The minimum Gasteiger partial charge on any atom is -0.494 e. The minimum atomic E-state index is -0.415. The summed E-state index contributed by atoms with van der Waals surface area (Å²) >= 11 is 6.06. The number of nitrogens with zero attached hydrogens (tertiary/aromatic N) is 2. The van der Waals surface area contributed by atoms with Crippen molar-refractivity contribution in [2.24, 2.45) is 0 Å². The predicted molar refractivity (Wildman–Crippen MR) is 121 cm³/mol. The molecule has 4 rings (SSSR count). The van der Waals surface area contributed by atoms with Crippen LogP contribution in [-0.2, 0) is 13.2 Å². The number of hydrogen-bond donors (Lipinski definition) is 1. The Morgan fingerprint density at radius 2 is 1.88 bits per heavy atom. The number of carbonyl (C=O) groups excluding carboxylic acids is 1. The van der Waals surface area contributed by atoms with E-state index in [-0.39, 0.29) is 12.4 Å². The molecule has 0 saturated carbocycles. The molecule has 7 nitrogen and oxygen atoms in total. The van der Waals surface area contributed by atoms with Gasteiger partial charge in [0.05, 0.1) is 25.0 Å². The average Bonchev–Trinajstić information content (AvgIpc) is 3.45. The van der Waals surface area contributed by atoms with Crippen molar-refractivity contribution in [3.8, 4) is 11.5 Å². The van der Waals surface area contributed by atoms with E-state index in [0.29, 0.717) is 40.9 Å². The normalized spacial score (nSPS) is 10.8. The zero-order valence-corrected chi connectivity index (χ0v) is 18.5. The highest BCUT2D eigenvalue weighted by Gasteiger charge is 2.13. The van der Waals surface area contributed by atoms with Crippen LogP contribution in [0.15, 0.2) is 71.4 Å². The zero-order valence-electron chi connectivity index (χ0n) is 17.8. The molecular formula is C24H21ClFN3O4. The number of carbonyl (C=O) groups is 1. The van der Waals surface area contributed by atoms with Gasteiger partial charge in [-0.2, -0.15) is 5.10 Å². The van der Waals surface area contributed by atoms with E-state index in [2.05, 4.69) is 10.4 Å². The molecule has 1 amide bonds. The Hall–Kier alpha value is -3.78. The van der Waals surface area contributed by atoms with Gasteiger partial charge in [0.25, 0.3) is 5.91 Å². The second-order valence-electron chi connectivity index (χ2n) is 7.08. The van der Waals surface area contributed by atoms with E-state index in [1.54, 1.807) is 41.2 Å². The Bertz CT molecular complexity index is 1240. The highest BCUT2D eigenvalue weighted by molar-refractivity contribution is 6.31. The molecular weight excluding hydrogens is 449 g/mol. The van der Waals surface area contributed by atoms with E-state index < -0.39 is 11.7 Å². The summed E-state index contributed by atoms with van der Waals surface area (Å²) in [5, 5.41) is 7.24. The van der Waals surface area contributed by atoms with Gasteiger partial charge >= 0.3 is 0 Å². The lowest BCUT2D eigenvalue weighted by atomic mass is 10.2. The van der Waals surface area contributed by atoms with Gasteiger partial charge in [-0.15, -0.1) is 0 Å². The van der Waals surface area contributed by atoms with Crippen molar-refractivity contribution in [3.63, 3.8) is 0 Å². The first kappa shape index (κ1) is 22.4. The number of amides is 1. The lowest BCUT2D eigenvalue weighted by Gasteiger charge is -2.06. The monoisotopic (exact) mass is 469 g/mol. The van der Waals surface area contributed by atoms with Crippen LogP contribution in [0.25, 0.3) is 0 Å². The van der Waals surface area contributed by atoms with Crippen LogP contribution in [-0.4, -0.2) is 22.3 Å². The van der Waals surface area contributed by atoms with Crippen LogP contribution >= 0.6 is 11.6 Å². The first-order valence-electron chi connectivity index (χ1n) is 10.2. The molecule has 0 atom stereocenters. The summed E-state index contributed by atoms with van der Waals surface area (Å²) in [6, 6.07) is 14.7. The van der Waals surface area contributed by atoms with Gasteiger partial charge < -0.3 is 19.2 Å². The van der Waals surface area contributed by atoms with Gasteiger partial charge in [0.2, 0.25) is 0 Å². The van der Waals surface area contributed by atoms with Gasteiger partial charge in [0.15, 0.2) is 5.76 Å². The lowest BCUT2D eigenvalue weighted by Crippen LogP contribution is -2.10. The Labute approximate surface area is 194 Å². The quantitative estimate of drug-likeness (QED) is 0.348. The third kappa shape index (κ3) is 5.93. The second-order valence-corrected chi connectivity index (χ2v) is 7.48. The number of rotatable bonds is 9. The molecule has 2 aromatic carbocycles. The molecule has 2 heterocycles. The Balaban J connectivity index is 1.31. The third-order valence-corrected chi connectivity index (χ3v) is 4.99. The second kappa shape index (κ2) is 10.2. The number of aromatic nitrogens is 2. The van der Waals surface area contributed by atoms with Crippen LogP contribution in [0.1, 0.15) is 28.8 Å². The van der Waals surface area contributed by atoms with Gasteiger partial charge in [-0.3, -0.25) is 9.48 Å². The van der Waals surface area contributed by atoms with Gasteiger partial charge in [0.1, 0.15) is 29.7 Å². The molecule has 0 aliphatic heterocycles. The molecule has 9 heteroatoms. The van der Waals surface area contributed by atoms with E-state index in [1.807, 2.05) is 19.1 Å². The highest BCUT2D eigenvalue weighted by Crippen LogP contribution is 2.21. The molecule has 0 fully saturated rings. The van der Waals surface area contributed by atoms with Crippen molar-refractivity contribution in [1.82, 2.24) is 9.78 Å². The summed E-state index contributed by atoms with van der Waals surface area (Å²) in [4.78, 5) is 12.5. The van der Waals surface area contributed by atoms with Crippen molar-refractivity contribution >= 4 is 23.2 Å². The molecule has 170 valence electrons. The van der Waals surface area contributed by atoms with Crippen molar-refractivity contribution in [2.75, 3.05) is 11.9 Å². The van der Waals surface area contributed by atoms with Crippen molar-refractivity contribution in [3.05, 3.63) is 94.9 Å². The zero-order chi connectivity index (χ0) is 23.2. The van der Waals surface area contributed by atoms with Gasteiger partial charge in [-0.1, -0.05) is 17.7 Å². The number of furan rings is 1. The Morgan fingerprint density at radius 1 is 1.12 bits per heavy atom. The van der Waals surface area contributed by atoms with Crippen molar-refractivity contribution in [2.45, 2.75) is 20.1 Å². The van der Waals surface area contributed by atoms with E-state index in [1.165, 1.54) is 18.3 Å². The van der Waals surface area contributed by atoms with Crippen LogP contribution in [0.2, 0.25) is 5.02 Å². The van der Waals surface area contributed by atoms with Gasteiger partial charge in [-0.05, 0) is 61.0 Å². The Kier molecular flexibility index (Phi) is 6.95. The van der Waals surface area contributed by atoms with Gasteiger partial charge in [0, 0.05) is 11.2 Å². The molecule has 0 radical (unpaired) electrons. The number of halogens is 2. The molecule has 1 N–H and O–H groups in total. The first-order valence-corrected chi connectivity index (χ1v) is 10.6. The number of hydrogen-bond acceptors (Lipinski definition) is 5. The topological polar surface area (TPSA) is 78.5 Å². The highest BCUT2D eigenvalue weighted by atomic mass is 35.5. The maximum absolute atomic E-state index is 13.2. The van der Waals surface area contributed by atoms with Crippen LogP contribution in [0.5, 0.6) is 11.5 Å². The molecule has 2 aromatic heterocycles. The average molecular weight is 470 g/mol. The Morgan fingerprint density at radius 3 is 2.61 bits per heavy atom. The summed E-state index contributed by atoms with van der Waals surface area (Å²) in [7, 11) is 0. The number of nitrogens with one attached hydrogen (secondary N) is 1. The summed E-state index contributed by atoms with van der Waals surface area (Å²) in [6.45, 7) is 3.03. The van der Waals surface area contributed by atoms with Crippen molar-refractivity contribution < 1.29 is 23.1 Å². The molecule has 0 aliphatic carbocycles. The first-order chi connectivity index (χ1) is 16.0. The minimum absolute atomic E-state index is 0.148. The summed E-state index contributed by atoms with van der Waals surface area (Å²) < 4.78 is 31.5. The standard InChI is InChI=1S/C24H21ClFN3O4/c1-2-31-19-5-7-20(8-6-19)32-15-21-9-10-23(33-21)24(30)28-18-12-27-29(14-18)13-16-3-4-17(26)11-22(16)25/h3-12,14H,2,13,15H2,1H3,(H,28,30). The summed E-state index contributed by atoms with van der Waals surface area (Å²) in [6.07, 6.45) is 3.16. The fourth-order valence-electron chi connectivity index (χ4n) is 3.06. The number of benzene rings is 2. The molecule has 0 bridgehead atoms. The van der Waals surface area contributed by atoms with Crippen LogP contribution in [0, 0.1) is 5.82 Å². The van der Waals surface area contributed by atoms with Crippen LogP contribution in [0.4, 0.5) is 10.1 Å². The van der Waals surface area contributed by atoms with E-state index in [0.717, 1.165) is 5.75 Å². The molecule has 0 unspecified atom stereocenters. The summed E-state index contributed by atoms with van der Waals surface area (Å²) in [5.41, 5.74) is 1.20. The van der Waals surface area contributed by atoms with E-state index in [4.69, 9.17) is 25.5 Å². The summed E-state index contributed by atoms with van der Waals surface area (Å²) in [5.74, 6) is 1.27. The fraction of sp³-hybridized carbons (Fsp3) is 0.167. The number of ether oxygens (including phenoxy) is 2. The van der Waals surface area contributed by atoms with Crippen LogP contribution in [0.3, 0.4) is 0 Å². The smallest absolute Gasteiger partial charge is 0.291 e. The third-order valence-electron chi connectivity index (χ3n) is 4.64. The largest absolute Gasteiger partial charge is 0.494 e. The maximum atomic E-state index is 13.2. The molecule has 33 heavy (non-hydrogen) atoms.